The molecule has 1 aliphatic heterocycles. The minimum absolute atomic E-state index is 0.146. The number of pyridine rings is 1. The second-order valence-electron chi connectivity index (χ2n) is 6.92. The maximum atomic E-state index is 12.8. The van der Waals surface area contributed by atoms with E-state index in [1.165, 1.54) is 35.5 Å². The van der Waals surface area contributed by atoms with Crippen LogP contribution in [0.3, 0.4) is 0 Å². The fourth-order valence-electron chi connectivity index (χ4n) is 3.45. The molecule has 1 saturated heterocycles. The van der Waals surface area contributed by atoms with Gasteiger partial charge in [0.25, 0.3) is 5.91 Å². The summed E-state index contributed by atoms with van der Waals surface area (Å²) in [5.41, 5.74) is 2.22. The fraction of sp³-hybridized carbons (Fsp3) is 0.286. The summed E-state index contributed by atoms with van der Waals surface area (Å²) in [5.74, 6) is -0.305. The van der Waals surface area contributed by atoms with Crippen LogP contribution in [0, 0.1) is 0 Å². The third kappa shape index (κ3) is 3.86. The molecule has 9 heteroatoms. The van der Waals surface area contributed by atoms with Gasteiger partial charge in [0, 0.05) is 32.1 Å². The number of rotatable bonds is 5. The molecule has 1 fully saturated rings. The first-order chi connectivity index (χ1) is 14.6. The van der Waals surface area contributed by atoms with Gasteiger partial charge in [-0.3, -0.25) is 19.6 Å². The molecular formula is C21H21N5O4. The van der Waals surface area contributed by atoms with E-state index in [1.54, 1.807) is 0 Å². The highest BCUT2D eigenvalue weighted by Crippen LogP contribution is 2.17. The molecule has 9 nitrogen and oxygen atoms in total. The highest BCUT2D eigenvalue weighted by atomic mass is 16.5. The van der Waals surface area contributed by atoms with Crippen molar-refractivity contribution in [3.63, 3.8) is 0 Å². The number of hydrogen-bond donors (Lipinski definition) is 1. The molecule has 30 heavy (non-hydrogen) atoms. The number of nitrogens with one attached hydrogen (secondary N) is 1. The van der Waals surface area contributed by atoms with E-state index in [4.69, 9.17) is 0 Å². The molecule has 0 bridgehead atoms. The molecule has 1 N–H and O–H groups in total. The van der Waals surface area contributed by atoms with Gasteiger partial charge in [0.05, 0.1) is 23.7 Å². The number of hydrogen-bond acceptors (Lipinski definition) is 6. The highest BCUT2D eigenvalue weighted by Gasteiger charge is 2.31. The van der Waals surface area contributed by atoms with Gasteiger partial charge in [0.1, 0.15) is 11.5 Å². The predicted molar refractivity (Wildman–Crippen MR) is 107 cm³/mol. The zero-order chi connectivity index (χ0) is 21.1. The summed E-state index contributed by atoms with van der Waals surface area (Å²) in [5, 5.41) is 2.89. The van der Waals surface area contributed by atoms with Crippen molar-refractivity contribution in [3.05, 3.63) is 59.7 Å². The van der Waals surface area contributed by atoms with E-state index < -0.39 is 5.97 Å². The second-order valence-corrected chi connectivity index (χ2v) is 6.92. The zero-order valence-corrected chi connectivity index (χ0v) is 16.5. The monoisotopic (exact) mass is 407 g/mol. The van der Waals surface area contributed by atoms with E-state index in [1.807, 2.05) is 24.3 Å². The maximum Gasteiger partial charge on any atom is 0.339 e. The number of para-hydroxylation sites is 2. The van der Waals surface area contributed by atoms with Gasteiger partial charge in [-0.15, -0.1) is 0 Å². The molecule has 1 aliphatic rings. The van der Waals surface area contributed by atoms with E-state index in [9.17, 15) is 14.4 Å². The summed E-state index contributed by atoms with van der Waals surface area (Å²) >= 11 is 0. The number of fused-ring (bicyclic) bond motifs is 1. The van der Waals surface area contributed by atoms with Crippen LogP contribution in [-0.2, 0) is 16.0 Å². The Bertz CT molecular complexity index is 1060. The number of carbonyl (C=O) groups is 3. The Balaban J connectivity index is 1.41. The van der Waals surface area contributed by atoms with Gasteiger partial charge in [-0.25, -0.2) is 14.8 Å². The number of nitrogens with zero attached hydrogens (tertiary/aromatic N) is 4. The highest BCUT2D eigenvalue weighted by molar-refractivity contribution is 5.95. The minimum Gasteiger partial charge on any atom is -0.465 e. The smallest absolute Gasteiger partial charge is 0.339 e. The Kier molecular flexibility index (Phi) is 5.42. The van der Waals surface area contributed by atoms with E-state index in [-0.39, 0.29) is 29.5 Å². The number of H-pyrrole nitrogens is 1. The van der Waals surface area contributed by atoms with Gasteiger partial charge in [-0.2, -0.15) is 0 Å². The summed E-state index contributed by atoms with van der Waals surface area (Å²) in [4.78, 5) is 48.9. The van der Waals surface area contributed by atoms with Gasteiger partial charge in [-0.05, 0) is 30.7 Å². The minimum atomic E-state index is -0.523. The van der Waals surface area contributed by atoms with Crippen LogP contribution in [0.4, 0.5) is 0 Å². The van der Waals surface area contributed by atoms with Crippen LogP contribution < -0.4 is 0 Å². The lowest BCUT2D eigenvalue weighted by molar-refractivity contribution is -0.140. The topological polar surface area (TPSA) is 108 Å². The molecule has 3 aromatic rings. The molecule has 0 radical (unpaired) electrons. The number of aromatic amines is 1. The normalized spacial score (nSPS) is 13.6. The number of methoxy groups -OCH3 is 1. The summed E-state index contributed by atoms with van der Waals surface area (Å²) in [6.07, 6.45) is 2.68. The zero-order valence-electron chi connectivity index (χ0n) is 16.5. The molecular weight excluding hydrogens is 386 g/mol. The molecule has 1 aromatic carbocycles. The van der Waals surface area contributed by atoms with Crippen molar-refractivity contribution in [2.75, 3.05) is 20.2 Å². The fourth-order valence-corrected chi connectivity index (χ4v) is 3.45. The Morgan fingerprint density at radius 2 is 1.90 bits per heavy atom. The van der Waals surface area contributed by atoms with Gasteiger partial charge in [0.2, 0.25) is 5.91 Å². The van der Waals surface area contributed by atoms with Crippen molar-refractivity contribution in [2.24, 2.45) is 0 Å². The maximum absolute atomic E-state index is 12.8. The number of aryl methyl sites for hydroxylation is 1. The van der Waals surface area contributed by atoms with Crippen molar-refractivity contribution >= 4 is 28.8 Å². The van der Waals surface area contributed by atoms with Crippen LogP contribution in [0.25, 0.3) is 11.0 Å². The SMILES string of the molecule is COC(=O)c1ccc(C(=O)N2CCCN2C(=O)CCc2nc3ccccc3[nH]2)nc1. The standard InChI is InChI=1S/C21H21N5O4/c1-30-21(29)14-7-8-17(22-13-14)20(28)26-12-4-11-25(26)19(27)10-9-18-23-15-5-2-3-6-16(15)24-18/h2-3,5-8,13H,4,9-12H2,1H3,(H,23,24). The van der Waals surface area contributed by atoms with Gasteiger partial charge in [-0.1, -0.05) is 12.1 Å². The first-order valence-electron chi connectivity index (χ1n) is 9.67. The van der Waals surface area contributed by atoms with E-state index in [0.717, 1.165) is 16.9 Å². The largest absolute Gasteiger partial charge is 0.465 e. The van der Waals surface area contributed by atoms with Crippen molar-refractivity contribution in [1.29, 1.82) is 0 Å². The Hall–Kier alpha value is -3.75. The van der Waals surface area contributed by atoms with E-state index in [0.29, 0.717) is 25.9 Å². The Labute approximate surface area is 172 Å². The third-order valence-corrected chi connectivity index (χ3v) is 4.97. The number of ether oxygens (including phenoxy) is 1. The molecule has 2 amide bonds. The predicted octanol–water partition coefficient (Wildman–Crippen LogP) is 1.97. The lowest BCUT2D eigenvalue weighted by atomic mass is 10.2. The molecule has 2 aromatic heterocycles. The van der Waals surface area contributed by atoms with Crippen LogP contribution in [0.1, 0.15) is 39.5 Å². The lowest BCUT2D eigenvalue weighted by Crippen LogP contribution is -2.45. The molecule has 154 valence electrons. The summed E-state index contributed by atoms with van der Waals surface area (Å²) < 4.78 is 4.63. The van der Waals surface area contributed by atoms with Crippen molar-refractivity contribution in [3.8, 4) is 0 Å². The summed E-state index contributed by atoms with van der Waals surface area (Å²) in [7, 11) is 1.28. The average molecular weight is 407 g/mol. The molecule has 3 heterocycles. The van der Waals surface area contributed by atoms with E-state index in [2.05, 4.69) is 19.7 Å². The first-order valence-corrected chi connectivity index (χ1v) is 9.67. The molecule has 0 saturated carbocycles. The van der Waals surface area contributed by atoms with Crippen molar-refractivity contribution in [1.82, 2.24) is 25.0 Å². The number of esters is 1. The third-order valence-electron chi connectivity index (χ3n) is 4.97. The van der Waals surface area contributed by atoms with Crippen LogP contribution >= 0.6 is 0 Å². The number of imidazole rings is 1. The average Bonchev–Trinajstić information content (AvgIpc) is 3.43. The lowest BCUT2D eigenvalue weighted by Gasteiger charge is -2.27. The summed E-state index contributed by atoms with van der Waals surface area (Å²) in [6.45, 7) is 0.917. The number of aromatic nitrogens is 3. The summed E-state index contributed by atoms with van der Waals surface area (Å²) in [6, 6.07) is 10.6. The quantitative estimate of drug-likeness (QED) is 0.648. The molecule has 0 unspecified atom stereocenters. The van der Waals surface area contributed by atoms with Gasteiger partial charge < -0.3 is 9.72 Å². The van der Waals surface area contributed by atoms with Crippen molar-refractivity contribution in [2.45, 2.75) is 19.3 Å². The van der Waals surface area contributed by atoms with Crippen LogP contribution in [-0.4, -0.2) is 63.0 Å². The van der Waals surface area contributed by atoms with Crippen LogP contribution in [0.15, 0.2) is 42.6 Å². The Morgan fingerprint density at radius 1 is 1.10 bits per heavy atom. The first kappa shape index (κ1) is 19.6. The second kappa shape index (κ2) is 8.32. The molecule has 0 spiro atoms. The molecule has 4 rings (SSSR count). The van der Waals surface area contributed by atoms with Crippen molar-refractivity contribution < 1.29 is 19.1 Å². The Morgan fingerprint density at radius 3 is 2.63 bits per heavy atom. The van der Waals surface area contributed by atoms with Gasteiger partial charge >= 0.3 is 5.97 Å². The van der Waals surface area contributed by atoms with E-state index >= 15 is 0 Å². The number of hydrazine groups is 1. The van der Waals surface area contributed by atoms with Crippen LogP contribution in [0.5, 0.6) is 0 Å². The number of amides is 2. The number of carbonyl (C=O) groups excluding carboxylic acids is 3. The van der Waals surface area contributed by atoms with Gasteiger partial charge in [0.15, 0.2) is 0 Å². The van der Waals surface area contributed by atoms with Crippen LogP contribution in [0.2, 0.25) is 0 Å². The number of benzene rings is 1. The molecule has 0 atom stereocenters. The molecule has 0 aliphatic carbocycles.